The smallest absolute Gasteiger partial charge is 0.433 e. The molecule has 7 nitrogen and oxygen atoms in total. The van der Waals surface area contributed by atoms with E-state index in [-0.39, 0.29) is 30.9 Å². The van der Waals surface area contributed by atoms with Crippen molar-refractivity contribution in [3.8, 4) is 5.75 Å². The lowest BCUT2D eigenvalue weighted by Crippen LogP contribution is -2.28. The molecular weight excluding hydrogens is 379 g/mol. The number of esters is 1. The number of hydrogen-bond donors (Lipinski definition) is 2. The van der Waals surface area contributed by atoms with Crippen LogP contribution in [0.4, 0.5) is 13.2 Å². The van der Waals surface area contributed by atoms with Gasteiger partial charge >= 0.3 is 12.1 Å². The molecule has 1 unspecified atom stereocenters. The third-order valence-electron chi connectivity index (χ3n) is 3.90. The molecule has 0 saturated carbocycles. The van der Waals surface area contributed by atoms with Gasteiger partial charge < -0.3 is 14.8 Å². The average Bonchev–Trinajstić information content (AvgIpc) is 3.10. The summed E-state index contributed by atoms with van der Waals surface area (Å²) in [6.45, 7) is 1.08. The third-order valence-corrected chi connectivity index (χ3v) is 3.90. The summed E-state index contributed by atoms with van der Waals surface area (Å²) < 4.78 is 48.4. The number of halogens is 3. The van der Waals surface area contributed by atoms with Crippen molar-refractivity contribution in [2.24, 2.45) is 0 Å². The fourth-order valence-corrected chi connectivity index (χ4v) is 2.58. The molecule has 1 aromatic heterocycles. The Bertz CT molecular complexity index is 803. The van der Waals surface area contributed by atoms with E-state index in [0.29, 0.717) is 11.3 Å². The molecule has 0 bridgehead atoms. The molecule has 0 aliphatic heterocycles. The maximum absolute atomic E-state index is 12.8. The average molecular weight is 399 g/mol. The van der Waals surface area contributed by atoms with E-state index in [4.69, 9.17) is 9.47 Å². The van der Waals surface area contributed by atoms with Crippen LogP contribution in [0.1, 0.15) is 36.2 Å². The fraction of sp³-hybridized carbons (Fsp3) is 0.389. The highest BCUT2D eigenvalue weighted by Crippen LogP contribution is 2.30. The predicted molar refractivity (Wildman–Crippen MR) is 92.4 cm³/mol. The van der Waals surface area contributed by atoms with Crippen molar-refractivity contribution in [2.75, 3.05) is 13.7 Å². The number of benzene rings is 1. The number of nitrogens with one attached hydrogen (secondary N) is 2. The van der Waals surface area contributed by atoms with Crippen molar-refractivity contribution in [2.45, 2.75) is 32.0 Å². The lowest BCUT2D eigenvalue weighted by Gasteiger charge is -2.18. The highest BCUT2D eigenvalue weighted by atomic mass is 19.4. The molecule has 1 aromatic carbocycles. The minimum atomic E-state index is -4.55. The monoisotopic (exact) mass is 399 g/mol. The Labute approximate surface area is 159 Å². The van der Waals surface area contributed by atoms with E-state index in [0.717, 1.165) is 6.20 Å². The molecule has 0 saturated heterocycles. The van der Waals surface area contributed by atoms with Gasteiger partial charge in [-0.05, 0) is 17.7 Å². The summed E-state index contributed by atoms with van der Waals surface area (Å²) >= 11 is 0. The highest BCUT2D eigenvalue weighted by Gasteiger charge is 2.35. The third kappa shape index (κ3) is 6.00. The normalized spacial score (nSPS) is 12.3. The molecule has 1 amide bonds. The van der Waals surface area contributed by atoms with Crippen LogP contribution in [0.3, 0.4) is 0 Å². The number of rotatable bonds is 8. The van der Waals surface area contributed by atoms with Gasteiger partial charge in [0.25, 0.3) is 0 Å². The van der Waals surface area contributed by atoms with Crippen LogP contribution in [0.25, 0.3) is 0 Å². The maximum atomic E-state index is 12.8. The first-order valence-electron chi connectivity index (χ1n) is 8.36. The minimum absolute atomic E-state index is 0.0890. The van der Waals surface area contributed by atoms with Gasteiger partial charge in [-0.2, -0.15) is 18.3 Å². The molecule has 10 heteroatoms. The van der Waals surface area contributed by atoms with E-state index in [2.05, 4.69) is 10.4 Å². The van der Waals surface area contributed by atoms with Crippen LogP contribution in [0.15, 0.2) is 30.5 Å². The molecule has 2 N–H and O–H groups in total. The highest BCUT2D eigenvalue weighted by molar-refractivity contribution is 5.76. The molecule has 0 radical (unpaired) electrons. The summed E-state index contributed by atoms with van der Waals surface area (Å²) in [5, 5.41) is 7.93. The number of aromatic amines is 1. The number of H-pyrrole nitrogens is 1. The van der Waals surface area contributed by atoms with Gasteiger partial charge in [0, 0.05) is 18.9 Å². The minimum Gasteiger partial charge on any atom is -0.497 e. The van der Waals surface area contributed by atoms with Crippen molar-refractivity contribution >= 4 is 11.9 Å². The van der Waals surface area contributed by atoms with Crippen LogP contribution in [0.5, 0.6) is 5.75 Å². The predicted octanol–water partition coefficient (Wildman–Crippen LogP) is 2.79. The van der Waals surface area contributed by atoms with E-state index in [1.165, 1.54) is 14.0 Å². The molecule has 152 valence electrons. The Balaban J connectivity index is 1.94. The summed E-state index contributed by atoms with van der Waals surface area (Å²) in [5.74, 6) is -0.359. The van der Waals surface area contributed by atoms with Crippen molar-refractivity contribution < 1.29 is 32.2 Å². The van der Waals surface area contributed by atoms with E-state index in [9.17, 15) is 22.8 Å². The van der Waals surface area contributed by atoms with Crippen LogP contribution in [0.2, 0.25) is 0 Å². The number of carbonyl (C=O) groups is 2. The Kier molecular flexibility index (Phi) is 7.02. The van der Waals surface area contributed by atoms with E-state index >= 15 is 0 Å². The molecule has 28 heavy (non-hydrogen) atoms. The molecule has 1 atom stereocenters. The molecule has 2 rings (SSSR count). The summed E-state index contributed by atoms with van der Waals surface area (Å²) in [7, 11) is 1.52. The van der Waals surface area contributed by atoms with Gasteiger partial charge in [-0.15, -0.1) is 0 Å². The van der Waals surface area contributed by atoms with Gasteiger partial charge in [0.1, 0.15) is 11.4 Å². The van der Waals surface area contributed by atoms with Crippen molar-refractivity contribution in [3.05, 3.63) is 47.3 Å². The number of methoxy groups -OCH3 is 1. The van der Waals surface area contributed by atoms with E-state index in [1.807, 2.05) is 5.10 Å². The maximum Gasteiger partial charge on any atom is 0.433 e. The fourth-order valence-electron chi connectivity index (χ4n) is 2.58. The van der Waals surface area contributed by atoms with Gasteiger partial charge in [-0.1, -0.05) is 12.1 Å². The standard InChI is InChI=1S/C18H20F3N3O4/c1-11(25)23-15(12-3-5-14(27-2)6-4-12)9-16(26)28-8-7-13-10-22-24-17(13)18(19,20)21/h3-6,10,15H,7-9H2,1-2H3,(H,22,24)(H,23,25). The van der Waals surface area contributed by atoms with Crippen LogP contribution in [-0.2, 0) is 26.9 Å². The zero-order valence-electron chi connectivity index (χ0n) is 15.3. The molecule has 0 aliphatic carbocycles. The van der Waals surface area contributed by atoms with Gasteiger partial charge in [0.2, 0.25) is 5.91 Å². The molecule has 1 heterocycles. The second-order valence-electron chi connectivity index (χ2n) is 5.97. The van der Waals surface area contributed by atoms with Gasteiger partial charge in [0.15, 0.2) is 0 Å². The van der Waals surface area contributed by atoms with Gasteiger partial charge in [0.05, 0.1) is 32.4 Å². The topological polar surface area (TPSA) is 93.3 Å². The lowest BCUT2D eigenvalue weighted by molar-refractivity contribution is -0.144. The number of nitrogens with zero attached hydrogens (tertiary/aromatic N) is 1. The Morgan fingerprint density at radius 3 is 2.50 bits per heavy atom. The van der Waals surface area contributed by atoms with Crippen LogP contribution in [-0.4, -0.2) is 35.8 Å². The lowest BCUT2D eigenvalue weighted by atomic mass is 10.0. The molecule has 0 aliphatic rings. The molecule has 0 fully saturated rings. The number of carbonyl (C=O) groups excluding carboxylic acids is 2. The largest absolute Gasteiger partial charge is 0.497 e. The first kappa shape index (κ1) is 21.3. The SMILES string of the molecule is COc1ccc(C(CC(=O)OCCc2cn[nH]c2C(F)(F)F)NC(C)=O)cc1. The van der Waals surface area contributed by atoms with Crippen LogP contribution >= 0.6 is 0 Å². The molecule has 2 aromatic rings. The Hall–Kier alpha value is -3.04. The number of alkyl halides is 3. The first-order valence-corrected chi connectivity index (χ1v) is 8.36. The second-order valence-corrected chi connectivity index (χ2v) is 5.97. The number of amides is 1. The Morgan fingerprint density at radius 2 is 1.93 bits per heavy atom. The number of ether oxygens (including phenoxy) is 2. The zero-order chi connectivity index (χ0) is 20.7. The van der Waals surface area contributed by atoms with E-state index in [1.54, 1.807) is 24.3 Å². The summed E-state index contributed by atoms with van der Waals surface area (Å²) in [6, 6.07) is 6.15. The van der Waals surface area contributed by atoms with Gasteiger partial charge in [-0.25, -0.2) is 0 Å². The van der Waals surface area contributed by atoms with Crippen LogP contribution < -0.4 is 10.1 Å². The quantitative estimate of drug-likeness (QED) is 0.666. The number of aromatic nitrogens is 2. The van der Waals surface area contributed by atoms with Crippen molar-refractivity contribution in [1.82, 2.24) is 15.5 Å². The summed E-state index contributed by atoms with van der Waals surface area (Å²) in [5.41, 5.74) is -0.381. The van der Waals surface area contributed by atoms with E-state index < -0.39 is 23.9 Å². The van der Waals surface area contributed by atoms with Gasteiger partial charge in [-0.3, -0.25) is 14.7 Å². The van der Waals surface area contributed by atoms with Crippen LogP contribution in [0, 0.1) is 0 Å². The van der Waals surface area contributed by atoms with Crippen molar-refractivity contribution in [1.29, 1.82) is 0 Å². The summed E-state index contributed by atoms with van der Waals surface area (Å²) in [4.78, 5) is 23.5. The number of hydrogen-bond acceptors (Lipinski definition) is 5. The zero-order valence-corrected chi connectivity index (χ0v) is 15.3. The first-order chi connectivity index (χ1) is 13.2. The van der Waals surface area contributed by atoms with Crippen molar-refractivity contribution in [3.63, 3.8) is 0 Å². The molecular formula is C18H20F3N3O4. The second kappa shape index (κ2) is 9.25. The molecule has 0 spiro atoms. The summed E-state index contributed by atoms with van der Waals surface area (Å²) in [6.07, 6.45) is -3.80. The Morgan fingerprint density at radius 1 is 1.25 bits per heavy atom.